The molecule has 3 heterocycles. The molecule has 1 fully saturated rings. The van der Waals surface area contributed by atoms with Crippen molar-refractivity contribution in [2.24, 2.45) is 0 Å². The van der Waals surface area contributed by atoms with Crippen LogP contribution in [0.25, 0.3) is 11.3 Å². The average Bonchev–Trinajstić information content (AvgIpc) is 3.66. The van der Waals surface area contributed by atoms with E-state index >= 15 is 0 Å². The molecule has 3 aromatic heterocycles. The molecule has 3 aromatic rings. The number of sulfonamides is 1. The van der Waals surface area contributed by atoms with Crippen molar-refractivity contribution >= 4 is 27.7 Å². The van der Waals surface area contributed by atoms with E-state index in [0.29, 0.717) is 30.0 Å². The summed E-state index contributed by atoms with van der Waals surface area (Å²) < 4.78 is 26.8. The van der Waals surface area contributed by atoms with Crippen LogP contribution in [-0.2, 0) is 20.2 Å². The van der Waals surface area contributed by atoms with Gasteiger partial charge < -0.3 is 5.32 Å². The summed E-state index contributed by atoms with van der Waals surface area (Å²) in [5, 5.41) is 2.40. The molecule has 2 N–H and O–H groups in total. The summed E-state index contributed by atoms with van der Waals surface area (Å²) in [6, 6.07) is 5.10. The number of nitrogens with one attached hydrogen (secondary N) is 2. The van der Waals surface area contributed by atoms with Gasteiger partial charge in [-0.15, -0.1) is 0 Å². The van der Waals surface area contributed by atoms with Crippen LogP contribution in [0.3, 0.4) is 0 Å². The lowest BCUT2D eigenvalue weighted by Gasteiger charge is -2.23. The predicted molar refractivity (Wildman–Crippen MR) is 129 cm³/mol. The van der Waals surface area contributed by atoms with Crippen LogP contribution in [0, 0.1) is 0 Å². The van der Waals surface area contributed by atoms with Crippen molar-refractivity contribution in [2.45, 2.75) is 57.1 Å². The van der Waals surface area contributed by atoms with E-state index in [-0.39, 0.29) is 17.8 Å². The van der Waals surface area contributed by atoms with E-state index in [1.165, 1.54) is 6.20 Å². The fourth-order valence-electron chi connectivity index (χ4n) is 3.15. The zero-order valence-electron chi connectivity index (χ0n) is 19.5. The second-order valence-electron chi connectivity index (χ2n) is 9.11. The monoisotopic (exact) mass is 481 g/mol. The molecule has 1 aliphatic carbocycles. The Kier molecular flexibility index (Phi) is 6.30. The van der Waals surface area contributed by atoms with E-state index < -0.39 is 20.7 Å². The highest BCUT2D eigenvalue weighted by molar-refractivity contribution is 7.93. The summed E-state index contributed by atoms with van der Waals surface area (Å²) in [6.45, 7) is 7.50. The molecule has 10 nitrogen and oxygen atoms in total. The molecule has 1 amide bonds. The number of carbonyl (C=O) groups is 1. The number of pyridine rings is 1. The standard InChI is InChI=1S/C23H27N7O3S/c1-14(2)17-12-24-13-18(27-17)15-5-8-20(26-11-15)29-21(31)23(3,4)19-9-10-25-22(28-19)30-34(32,33)16-6-7-16/h5,8-14,16H,6-7H2,1-4H3,(H,25,28,30)(H,26,29,31). The Morgan fingerprint density at radius 3 is 2.47 bits per heavy atom. The van der Waals surface area contributed by atoms with E-state index in [4.69, 9.17) is 0 Å². The van der Waals surface area contributed by atoms with E-state index in [2.05, 4.69) is 48.8 Å². The third-order valence-electron chi connectivity index (χ3n) is 5.61. The van der Waals surface area contributed by atoms with Crippen molar-refractivity contribution < 1.29 is 13.2 Å². The molecule has 11 heteroatoms. The molecule has 4 rings (SSSR count). The highest BCUT2D eigenvalue weighted by Gasteiger charge is 2.37. The lowest BCUT2D eigenvalue weighted by atomic mass is 9.88. The van der Waals surface area contributed by atoms with Crippen molar-refractivity contribution in [1.29, 1.82) is 0 Å². The third-order valence-corrected chi connectivity index (χ3v) is 7.42. The molecule has 1 aliphatic rings. The number of nitrogens with zero attached hydrogens (tertiary/aromatic N) is 5. The number of hydrogen-bond acceptors (Lipinski definition) is 8. The summed E-state index contributed by atoms with van der Waals surface area (Å²) in [5.74, 6) is 0.243. The number of amides is 1. The first-order chi connectivity index (χ1) is 16.1. The SMILES string of the molecule is CC(C)c1cncc(-c2ccc(NC(=O)C(C)(C)c3ccnc(NS(=O)(=O)C4CC4)n3)nc2)n1. The van der Waals surface area contributed by atoms with Crippen LogP contribution >= 0.6 is 0 Å². The number of rotatable bonds is 8. The molecule has 0 radical (unpaired) electrons. The summed E-state index contributed by atoms with van der Waals surface area (Å²) in [7, 11) is -3.50. The van der Waals surface area contributed by atoms with Crippen molar-refractivity contribution in [3.8, 4) is 11.3 Å². The first-order valence-electron chi connectivity index (χ1n) is 11.0. The van der Waals surface area contributed by atoms with Crippen LogP contribution in [0.15, 0.2) is 43.0 Å². The van der Waals surface area contributed by atoms with Gasteiger partial charge in [0.25, 0.3) is 0 Å². The van der Waals surface area contributed by atoms with Crippen LogP contribution in [-0.4, -0.2) is 44.5 Å². The predicted octanol–water partition coefficient (Wildman–Crippen LogP) is 3.27. The van der Waals surface area contributed by atoms with Crippen molar-refractivity contribution in [3.05, 3.63) is 54.4 Å². The van der Waals surface area contributed by atoms with Gasteiger partial charge in [0.2, 0.25) is 21.9 Å². The highest BCUT2D eigenvalue weighted by Crippen LogP contribution is 2.30. The summed E-state index contributed by atoms with van der Waals surface area (Å²) in [6.07, 6.45) is 7.74. The Morgan fingerprint density at radius 2 is 1.82 bits per heavy atom. The largest absolute Gasteiger partial charge is 0.310 e. The van der Waals surface area contributed by atoms with Crippen LogP contribution in [0.5, 0.6) is 0 Å². The summed E-state index contributed by atoms with van der Waals surface area (Å²) in [5.41, 5.74) is 1.70. The first kappa shape index (κ1) is 23.7. The van der Waals surface area contributed by atoms with Crippen LogP contribution in [0.4, 0.5) is 11.8 Å². The second kappa shape index (κ2) is 9.05. The number of anilines is 2. The number of aromatic nitrogens is 5. The lowest BCUT2D eigenvalue weighted by Crippen LogP contribution is -2.36. The van der Waals surface area contributed by atoms with Crippen molar-refractivity contribution in [3.63, 3.8) is 0 Å². The molecule has 0 spiro atoms. The van der Waals surface area contributed by atoms with Gasteiger partial charge in [0, 0.05) is 24.2 Å². The van der Waals surface area contributed by atoms with Crippen molar-refractivity contribution in [2.75, 3.05) is 10.0 Å². The first-order valence-corrected chi connectivity index (χ1v) is 12.6. The maximum atomic E-state index is 13.1. The van der Waals surface area contributed by atoms with Gasteiger partial charge in [0.15, 0.2) is 0 Å². The van der Waals surface area contributed by atoms with Gasteiger partial charge in [-0.25, -0.2) is 28.4 Å². The molecule has 0 unspecified atom stereocenters. The minimum atomic E-state index is -3.50. The molecule has 0 atom stereocenters. The van der Waals surface area contributed by atoms with E-state index in [9.17, 15) is 13.2 Å². The van der Waals surface area contributed by atoms with Gasteiger partial charge in [-0.1, -0.05) is 13.8 Å². The molecule has 178 valence electrons. The molecule has 0 aliphatic heterocycles. The number of carbonyl (C=O) groups excluding carboxylic acids is 1. The van der Waals surface area contributed by atoms with Crippen LogP contribution in [0.2, 0.25) is 0 Å². The second-order valence-corrected chi connectivity index (χ2v) is 11.1. The normalized spacial score (nSPS) is 14.1. The smallest absolute Gasteiger partial charge is 0.237 e. The number of hydrogen-bond donors (Lipinski definition) is 2. The molecule has 1 saturated carbocycles. The van der Waals surface area contributed by atoms with Gasteiger partial charge in [-0.2, -0.15) is 0 Å². The minimum absolute atomic E-state index is 0.0440. The van der Waals surface area contributed by atoms with Crippen LogP contribution < -0.4 is 10.0 Å². The average molecular weight is 482 g/mol. The Balaban J connectivity index is 1.48. The summed E-state index contributed by atoms with van der Waals surface area (Å²) in [4.78, 5) is 34.5. The summed E-state index contributed by atoms with van der Waals surface area (Å²) >= 11 is 0. The van der Waals surface area contributed by atoms with Crippen molar-refractivity contribution in [1.82, 2.24) is 24.9 Å². The maximum absolute atomic E-state index is 13.1. The van der Waals surface area contributed by atoms with Gasteiger partial charge >= 0.3 is 0 Å². The Hall–Kier alpha value is -3.47. The van der Waals surface area contributed by atoms with E-state index in [1.54, 1.807) is 44.6 Å². The Labute approximate surface area is 198 Å². The molecule has 0 saturated heterocycles. The molecule has 34 heavy (non-hydrogen) atoms. The molecule has 0 aromatic carbocycles. The fourth-order valence-corrected chi connectivity index (χ4v) is 4.43. The van der Waals surface area contributed by atoms with E-state index in [0.717, 1.165) is 11.3 Å². The van der Waals surface area contributed by atoms with E-state index in [1.807, 2.05) is 6.07 Å². The van der Waals surface area contributed by atoms with Gasteiger partial charge in [0.1, 0.15) is 5.82 Å². The van der Waals surface area contributed by atoms with Gasteiger partial charge in [-0.05, 0) is 50.8 Å². The Bertz CT molecular complexity index is 1300. The minimum Gasteiger partial charge on any atom is -0.310 e. The highest BCUT2D eigenvalue weighted by atomic mass is 32.2. The topological polar surface area (TPSA) is 140 Å². The van der Waals surface area contributed by atoms with Crippen LogP contribution in [0.1, 0.15) is 57.8 Å². The fraction of sp³-hybridized carbons (Fsp3) is 0.391. The zero-order chi connectivity index (χ0) is 24.5. The molecule has 0 bridgehead atoms. The maximum Gasteiger partial charge on any atom is 0.237 e. The quantitative estimate of drug-likeness (QED) is 0.500. The van der Waals surface area contributed by atoms with Gasteiger partial charge in [0.05, 0.1) is 33.9 Å². The molecular formula is C23H27N7O3S. The van der Waals surface area contributed by atoms with Gasteiger partial charge in [-0.3, -0.25) is 14.5 Å². The lowest BCUT2D eigenvalue weighted by molar-refractivity contribution is -0.120. The Morgan fingerprint density at radius 1 is 1.06 bits per heavy atom. The zero-order valence-corrected chi connectivity index (χ0v) is 20.3. The molecular weight excluding hydrogens is 454 g/mol. The third kappa shape index (κ3) is 5.19.